The largest absolute Gasteiger partial charge is 0.338 e. The number of anilines is 1. The Labute approximate surface area is 134 Å². The summed E-state index contributed by atoms with van der Waals surface area (Å²) in [5.74, 6) is 0.354. The first-order chi connectivity index (χ1) is 11.0. The van der Waals surface area contributed by atoms with Crippen LogP contribution < -0.4 is 10.6 Å². The number of aromatic nitrogens is 2. The number of hydrogen-bond donors (Lipinski definition) is 2. The highest BCUT2D eigenvalue weighted by Crippen LogP contribution is 2.19. The van der Waals surface area contributed by atoms with E-state index < -0.39 is 9.84 Å². The van der Waals surface area contributed by atoms with Crippen LogP contribution in [0.2, 0.25) is 0 Å². The molecular formula is C15H18N4O3S. The summed E-state index contributed by atoms with van der Waals surface area (Å²) in [4.78, 5) is 12.1. The average Bonchev–Trinajstić information content (AvgIpc) is 3.15. The monoisotopic (exact) mass is 334 g/mol. The van der Waals surface area contributed by atoms with Crippen LogP contribution in [0.4, 0.5) is 10.5 Å². The Morgan fingerprint density at radius 3 is 2.83 bits per heavy atom. The van der Waals surface area contributed by atoms with Gasteiger partial charge < -0.3 is 10.6 Å². The van der Waals surface area contributed by atoms with Crippen molar-refractivity contribution in [1.82, 2.24) is 15.1 Å². The lowest BCUT2D eigenvalue weighted by Crippen LogP contribution is -2.33. The molecular weight excluding hydrogens is 316 g/mol. The molecule has 1 fully saturated rings. The van der Waals surface area contributed by atoms with Gasteiger partial charge in [0, 0.05) is 18.9 Å². The number of para-hydroxylation sites is 2. The number of amides is 2. The molecule has 3 rings (SSSR count). The van der Waals surface area contributed by atoms with Crippen molar-refractivity contribution in [3.05, 3.63) is 42.7 Å². The van der Waals surface area contributed by atoms with E-state index in [1.807, 2.05) is 18.2 Å². The minimum atomic E-state index is -2.92. The van der Waals surface area contributed by atoms with Crippen molar-refractivity contribution >= 4 is 21.6 Å². The number of nitrogens with one attached hydrogen (secondary N) is 2. The predicted octanol–water partition coefficient (Wildman–Crippen LogP) is 1.43. The van der Waals surface area contributed by atoms with Gasteiger partial charge in [-0.15, -0.1) is 0 Å². The number of benzene rings is 1. The summed E-state index contributed by atoms with van der Waals surface area (Å²) in [5, 5.41) is 9.68. The summed E-state index contributed by atoms with van der Waals surface area (Å²) >= 11 is 0. The van der Waals surface area contributed by atoms with E-state index in [4.69, 9.17) is 0 Å². The summed E-state index contributed by atoms with van der Waals surface area (Å²) in [6, 6.07) is 8.78. The molecule has 0 unspecified atom stereocenters. The number of sulfone groups is 1. The Bertz CT molecular complexity index is 787. The molecule has 1 aliphatic rings. The van der Waals surface area contributed by atoms with E-state index in [1.165, 1.54) is 0 Å². The van der Waals surface area contributed by atoms with E-state index in [1.54, 1.807) is 29.2 Å². The molecule has 8 heteroatoms. The topological polar surface area (TPSA) is 93.1 Å². The number of carbonyl (C=O) groups is 1. The van der Waals surface area contributed by atoms with E-state index in [0.717, 1.165) is 5.69 Å². The van der Waals surface area contributed by atoms with Crippen LogP contribution in [0.3, 0.4) is 0 Å². The highest BCUT2D eigenvalue weighted by Gasteiger charge is 2.27. The van der Waals surface area contributed by atoms with E-state index in [9.17, 15) is 13.2 Å². The first kappa shape index (κ1) is 15.5. The molecule has 1 aliphatic heterocycles. The summed E-state index contributed by atoms with van der Waals surface area (Å²) in [6.07, 6.45) is 4.06. The van der Waals surface area contributed by atoms with Gasteiger partial charge in [0.15, 0.2) is 9.84 Å². The van der Waals surface area contributed by atoms with Crippen molar-refractivity contribution < 1.29 is 13.2 Å². The van der Waals surface area contributed by atoms with Gasteiger partial charge >= 0.3 is 6.03 Å². The number of hydrogen-bond acceptors (Lipinski definition) is 4. The second-order valence-corrected chi connectivity index (χ2v) is 7.80. The molecule has 0 spiro atoms. The smallest absolute Gasteiger partial charge is 0.319 e. The van der Waals surface area contributed by atoms with Crippen molar-refractivity contribution in [3.63, 3.8) is 0 Å². The lowest BCUT2D eigenvalue weighted by molar-refractivity contribution is 0.250. The fourth-order valence-corrected chi connectivity index (χ4v) is 4.49. The van der Waals surface area contributed by atoms with E-state index >= 15 is 0 Å². The van der Waals surface area contributed by atoms with Gasteiger partial charge in [-0.2, -0.15) is 5.10 Å². The van der Waals surface area contributed by atoms with Crippen LogP contribution in [0, 0.1) is 5.92 Å². The van der Waals surface area contributed by atoms with Gasteiger partial charge in [0.2, 0.25) is 0 Å². The maximum Gasteiger partial charge on any atom is 0.319 e. The Balaban J connectivity index is 1.61. The van der Waals surface area contributed by atoms with Crippen LogP contribution in [0.15, 0.2) is 42.7 Å². The zero-order valence-corrected chi connectivity index (χ0v) is 13.3. The van der Waals surface area contributed by atoms with Gasteiger partial charge in [-0.3, -0.25) is 0 Å². The quantitative estimate of drug-likeness (QED) is 0.884. The number of rotatable bonds is 4. The van der Waals surface area contributed by atoms with Crippen molar-refractivity contribution in [3.8, 4) is 5.69 Å². The van der Waals surface area contributed by atoms with E-state index in [-0.39, 0.29) is 23.5 Å². The molecule has 1 aromatic carbocycles. The highest BCUT2D eigenvalue weighted by atomic mass is 32.2. The van der Waals surface area contributed by atoms with Crippen molar-refractivity contribution in [1.29, 1.82) is 0 Å². The fourth-order valence-electron chi connectivity index (χ4n) is 2.63. The minimum Gasteiger partial charge on any atom is -0.338 e. The van der Waals surface area contributed by atoms with Crippen LogP contribution in [0.5, 0.6) is 0 Å². The van der Waals surface area contributed by atoms with Gasteiger partial charge in [-0.25, -0.2) is 17.9 Å². The second-order valence-electron chi connectivity index (χ2n) is 5.57. The third-order valence-corrected chi connectivity index (χ3v) is 5.62. The third kappa shape index (κ3) is 3.89. The molecule has 1 atom stereocenters. The van der Waals surface area contributed by atoms with Crippen LogP contribution in [0.25, 0.3) is 5.69 Å². The number of nitrogens with zero attached hydrogens (tertiary/aromatic N) is 2. The Morgan fingerprint density at radius 1 is 1.30 bits per heavy atom. The first-order valence-corrected chi connectivity index (χ1v) is 9.20. The normalized spacial score (nSPS) is 19.4. The average molecular weight is 334 g/mol. The molecule has 0 radical (unpaired) electrons. The molecule has 0 aliphatic carbocycles. The van der Waals surface area contributed by atoms with Gasteiger partial charge in [0.25, 0.3) is 0 Å². The predicted molar refractivity (Wildman–Crippen MR) is 87.3 cm³/mol. The molecule has 2 amide bonds. The molecule has 7 nitrogen and oxygen atoms in total. The number of urea groups is 1. The van der Waals surface area contributed by atoms with Gasteiger partial charge in [0.1, 0.15) is 0 Å². The van der Waals surface area contributed by atoms with Crippen molar-refractivity contribution in [2.45, 2.75) is 6.42 Å². The SMILES string of the molecule is O=C(NC[C@H]1CCS(=O)(=O)C1)Nc1ccccc1-n1cccn1. The lowest BCUT2D eigenvalue weighted by Gasteiger charge is -2.13. The van der Waals surface area contributed by atoms with Gasteiger partial charge in [0.05, 0.1) is 22.9 Å². The first-order valence-electron chi connectivity index (χ1n) is 7.38. The van der Waals surface area contributed by atoms with Crippen LogP contribution in [-0.2, 0) is 9.84 Å². The fraction of sp³-hybridized carbons (Fsp3) is 0.333. The summed E-state index contributed by atoms with van der Waals surface area (Å²) in [7, 11) is -2.92. The zero-order valence-electron chi connectivity index (χ0n) is 12.5. The van der Waals surface area contributed by atoms with Crippen LogP contribution >= 0.6 is 0 Å². The third-order valence-electron chi connectivity index (χ3n) is 3.78. The summed E-state index contributed by atoms with van der Waals surface area (Å²) in [5.41, 5.74) is 1.39. The maximum absolute atomic E-state index is 12.1. The van der Waals surface area contributed by atoms with Crippen molar-refractivity contribution in [2.24, 2.45) is 5.92 Å². The van der Waals surface area contributed by atoms with Gasteiger partial charge in [-0.1, -0.05) is 12.1 Å². The maximum atomic E-state index is 12.1. The summed E-state index contributed by atoms with van der Waals surface area (Å²) in [6.45, 7) is 0.356. The van der Waals surface area contributed by atoms with Crippen LogP contribution in [0.1, 0.15) is 6.42 Å². The number of carbonyl (C=O) groups excluding carboxylic acids is 1. The zero-order chi connectivity index (χ0) is 16.3. The molecule has 0 saturated carbocycles. The van der Waals surface area contributed by atoms with Crippen LogP contribution in [-0.4, -0.2) is 42.3 Å². The highest BCUT2D eigenvalue weighted by molar-refractivity contribution is 7.91. The Kier molecular flexibility index (Phi) is 4.33. The molecule has 2 aromatic rings. The second kappa shape index (κ2) is 6.41. The lowest BCUT2D eigenvalue weighted by atomic mass is 10.1. The summed E-state index contributed by atoms with van der Waals surface area (Å²) < 4.78 is 24.5. The standard InChI is InChI=1S/C15H18N4O3S/c20-15(16-10-12-6-9-23(21,22)11-12)18-13-4-1-2-5-14(13)19-8-3-7-17-19/h1-5,7-8,12H,6,9-11H2,(H2,16,18,20)/t12-/m1/s1. The Morgan fingerprint density at radius 2 is 2.13 bits per heavy atom. The van der Waals surface area contributed by atoms with Gasteiger partial charge in [-0.05, 0) is 30.5 Å². The van der Waals surface area contributed by atoms with E-state index in [0.29, 0.717) is 18.7 Å². The molecule has 0 bridgehead atoms. The molecule has 2 heterocycles. The molecule has 1 saturated heterocycles. The van der Waals surface area contributed by atoms with E-state index in [2.05, 4.69) is 15.7 Å². The minimum absolute atomic E-state index is 0.00731. The molecule has 23 heavy (non-hydrogen) atoms. The molecule has 2 N–H and O–H groups in total. The molecule has 122 valence electrons. The Hall–Kier alpha value is -2.35. The molecule has 1 aromatic heterocycles. The van der Waals surface area contributed by atoms with Crippen molar-refractivity contribution in [2.75, 3.05) is 23.4 Å².